The van der Waals surface area contributed by atoms with Crippen molar-refractivity contribution in [3.05, 3.63) is 72.7 Å². The van der Waals surface area contributed by atoms with Crippen LogP contribution in [0.15, 0.2) is 75.8 Å². The molecule has 0 bridgehead atoms. The Balaban J connectivity index is 1.73. The van der Waals surface area contributed by atoms with E-state index in [0.717, 1.165) is 29.8 Å². The minimum absolute atomic E-state index is 0.936. The molecule has 2 heteroatoms. The lowest BCUT2D eigenvalue weighted by molar-refractivity contribution is 0.545. The summed E-state index contributed by atoms with van der Waals surface area (Å²) in [6, 6.07) is 21.8. The third kappa shape index (κ3) is 2.01. The van der Waals surface area contributed by atoms with Gasteiger partial charge in [0.1, 0.15) is 16.9 Å². The smallest absolute Gasteiger partial charge is 0.134 e. The Hall–Kier alpha value is -3.26. The quantitative estimate of drug-likeness (QED) is 0.301. The van der Waals surface area contributed by atoms with Gasteiger partial charge in [-0.25, -0.2) is 0 Å². The molecule has 2 aromatic heterocycles. The number of rotatable bonds is 2. The number of aryl methyl sites for hydroxylation is 1. The summed E-state index contributed by atoms with van der Waals surface area (Å²) in [7, 11) is 0. The highest BCUT2D eigenvalue weighted by atomic mass is 16.3. The zero-order valence-corrected chi connectivity index (χ0v) is 15.1. The Bertz CT molecular complexity index is 1480. The first-order valence-corrected chi connectivity index (χ1v) is 9.50. The molecule has 0 amide bonds. The average molecular weight is 350 g/mol. The highest BCUT2D eigenvalue weighted by Crippen LogP contribution is 2.37. The van der Waals surface area contributed by atoms with Crippen LogP contribution in [0, 0.1) is 0 Å². The van der Waals surface area contributed by atoms with Gasteiger partial charge >= 0.3 is 0 Å². The van der Waals surface area contributed by atoms with Crippen molar-refractivity contribution in [2.75, 3.05) is 0 Å². The van der Waals surface area contributed by atoms with Gasteiger partial charge in [-0.3, -0.25) is 0 Å². The maximum atomic E-state index is 6.03. The molecule has 4 aromatic carbocycles. The number of benzene rings is 4. The van der Waals surface area contributed by atoms with E-state index in [1.807, 2.05) is 0 Å². The van der Waals surface area contributed by atoms with Crippen molar-refractivity contribution >= 4 is 54.3 Å². The maximum Gasteiger partial charge on any atom is 0.134 e. The molecule has 0 saturated heterocycles. The van der Waals surface area contributed by atoms with Gasteiger partial charge in [-0.2, -0.15) is 0 Å². The monoisotopic (exact) mass is 350 g/mol. The Morgan fingerprint density at radius 1 is 0.593 bits per heavy atom. The molecule has 0 radical (unpaired) electrons. The van der Waals surface area contributed by atoms with E-state index in [0.29, 0.717) is 0 Å². The molecule has 0 N–H and O–H groups in total. The summed E-state index contributed by atoms with van der Waals surface area (Å²) >= 11 is 0. The summed E-state index contributed by atoms with van der Waals surface area (Å²) in [6.07, 6.45) is 3.84. The fourth-order valence-corrected chi connectivity index (χ4v) is 4.43. The van der Waals surface area contributed by atoms with Crippen molar-refractivity contribution in [3.63, 3.8) is 0 Å². The van der Waals surface area contributed by atoms with Crippen molar-refractivity contribution in [1.29, 1.82) is 0 Å². The predicted molar refractivity (Wildman–Crippen MR) is 112 cm³/mol. The van der Waals surface area contributed by atoms with Gasteiger partial charge < -0.3 is 8.83 Å². The van der Waals surface area contributed by atoms with Gasteiger partial charge in [-0.05, 0) is 63.0 Å². The molecule has 2 heterocycles. The van der Waals surface area contributed by atoms with Gasteiger partial charge in [-0.1, -0.05) is 43.3 Å². The van der Waals surface area contributed by atoms with Crippen LogP contribution in [0.3, 0.4) is 0 Å². The van der Waals surface area contributed by atoms with E-state index in [9.17, 15) is 0 Å². The summed E-state index contributed by atoms with van der Waals surface area (Å²) in [4.78, 5) is 0. The molecule has 2 nitrogen and oxygen atoms in total. The van der Waals surface area contributed by atoms with Gasteiger partial charge in [0, 0.05) is 17.2 Å². The van der Waals surface area contributed by atoms with Crippen LogP contribution in [0.4, 0.5) is 0 Å². The molecule has 0 fully saturated rings. The molecule has 130 valence electrons. The molecular formula is C25H18O2. The summed E-state index contributed by atoms with van der Waals surface area (Å²) < 4.78 is 11.6. The van der Waals surface area contributed by atoms with Crippen LogP contribution in [0.5, 0.6) is 0 Å². The lowest BCUT2D eigenvalue weighted by atomic mass is 9.95. The van der Waals surface area contributed by atoms with Crippen LogP contribution in [-0.2, 0) is 6.42 Å². The molecule has 0 atom stereocenters. The number of furan rings is 2. The maximum absolute atomic E-state index is 6.03. The SMILES string of the molecule is CCCc1cc2c(ccc3c2ccc2c4ccc5occc5c4ccc32)o1. The van der Waals surface area contributed by atoms with E-state index in [-0.39, 0.29) is 0 Å². The lowest BCUT2D eigenvalue weighted by Crippen LogP contribution is -1.82. The van der Waals surface area contributed by atoms with Crippen LogP contribution in [0.1, 0.15) is 19.1 Å². The van der Waals surface area contributed by atoms with E-state index < -0.39 is 0 Å². The summed E-state index contributed by atoms with van der Waals surface area (Å²) in [5, 5.41) is 9.98. The van der Waals surface area contributed by atoms with Crippen molar-refractivity contribution in [2.24, 2.45) is 0 Å². The molecule has 0 aliphatic heterocycles. The van der Waals surface area contributed by atoms with Crippen molar-refractivity contribution < 1.29 is 8.83 Å². The molecule has 0 aliphatic rings. The highest BCUT2D eigenvalue weighted by molar-refractivity contribution is 6.24. The van der Waals surface area contributed by atoms with E-state index >= 15 is 0 Å². The second-order valence-electron chi connectivity index (χ2n) is 7.25. The summed E-state index contributed by atoms with van der Waals surface area (Å²) in [5.41, 5.74) is 1.91. The topological polar surface area (TPSA) is 26.3 Å². The van der Waals surface area contributed by atoms with E-state index in [1.54, 1.807) is 6.26 Å². The molecule has 0 spiro atoms. The minimum Gasteiger partial charge on any atom is -0.464 e. The molecule has 0 unspecified atom stereocenters. The highest BCUT2D eigenvalue weighted by Gasteiger charge is 2.12. The van der Waals surface area contributed by atoms with Gasteiger partial charge in [0.05, 0.1) is 6.26 Å². The van der Waals surface area contributed by atoms with E-state index in [2.05, 4.69) is 67.6 Å². The Kier molecular flexibility index (Phi) is 2.96. The fraction of sp³-hybridized carbons (Fsp3) is 0.120. The first kappa shape index (κ1) is 14.9. The Morgan fingerprint density at radius 2 is 1.15 bits per heavy atom. The first-order chi connectivity index (χ1) is 13.3. The Labute approximate surface area is 156 Å². The van der Waals surface area contributed by atoms with E-state index in [4.69, 9.17) is 8.83 Å². The third-order valence-corrected chi connectivity index (χ3v) is 5.67. The molecule has 0 saturated carbocycles. The Morgan fingerprint density at radius 3 is 1.81 bits per heavy atom. The van der Waals surface area contributed by atoms with Crippen LogP contribution in [-0.4, -0.2) is 0 Å². The average Bonchev–Trinajstić information content (AvgIpc) is 3.33. The standard InChI is InChI=1S/C25H18O2/c1-2-3-15-14-23-21-7-5-16-17(19(21)9-11-25(23)27-15)4-6-20-18(16)8-10-24-22(20)12-13-26-24/h4-14H,2-3H2,1H3. The number of fused-ring (bicyclic) bond motifs is 9. The molecule has 6 aromatic rings. The number of hydrogen-bond acceptors (Lipinski definition) is 2. The van der Waals surface area contributed by atoms with Gasteiger partial charge in [0.2, 0.25) is 0 Å². The number of hydrogen-bond donors (Lipinski definition) is 0. The summed E-state index contributed by atoms with van der Waals surface area (Å²) in [5.74, 6) is 1.07. The normalized spacial score (nSPS) is 12.2. The second kappa shape index (κ2) is 5.37. The first-order valence-electron chi connectivity index (χ1n) is 9.50. The largest absolute Gasteiger partial charge is 0.464 e. The van der Waals surface area contributed by atoms with Crippen molar-refractivity contribution in [3.8, 4) is 0 Å². The zero-order chi connectivity index (χ0) is 18.0. The molecule has 6 rings (SSSR count). The van der Waals surface area contributed by atoms with Gasteiger partial charge in [-0.15, -0.1) is 0 Å². The van der Waals surface area contributed by atoms with Crippen LogP contribution >= 0.6 is 0 Å². The zero-order valence-electron chi connectivity index (χ0n) is 15.1. The van der Waals surface area contributed by atoms with E-state index in [1.165, 1.54) is 43.1 Å². The lowest BCUT2D eigenvalue weighted by Gasteiger charge is -2.08. The minimum atomic E-state index is 0.936. The van der Waals surface area contributed by atoms with Crippen molar-refractivity contribution in [2.45, 2.75) is 19.8 Å². The molecular weight excluding hydrogens is 332 g/mol. The predicted octanol–water partition coefficient (Wildman–Crippen LogP) is 7.59. The van der Waals surface area contributed by atoms with Crippen LogP contribution in [0.25, 0.3) is 54.3 Å². The second-order valence-corrected chi connectivity index (χ2v) is 7.25. The third-order valence-electron chi connectivity index (χ3n) is 5.67. The summed E-state index contributed by atoms with van der Waals surface area (Å²) in [6.45, 7) is 2.18. The van der Waals surface area contributed by atoms with Crippen LogP contribution in [0.2, 0.25) is 0 Å². The fourth-order valence-electron chi connectivity index (χ4n) is 4.43. The van der Waals surface area contributed by atoms with Gasteiger partial charge in [0.15, 0.2) is 0 Å². The van der Waals surface area contributed by atoms with Crippen LogP contribution < -0.4 is 0 Å². The van der Waals surface area contributed by atoms with Crippen molar-refractivity contribution in [1.82, 2.24) is 0 Å². The molecule has 0 aliphatic carbocycles. The molecule has 27 heavy (non-hydrogen) atoms. The van der Waals surface area contributed by atoms with Gasteiger partial charge in [0.25, 0.3) is 0 Å².